The molecule has 0 fully saturated rings. The lowest BCUT2D eigenvalue weighted by atomic mass is 10.1. The molecule has 0 bridgehead atoms. The molecule has 1 aliphatic rings. The van der Waals surface area contributed by atoms with Gasteiger partial charge in [0.25, 0.3) is 0 Å². The van der Waals surface area contributed by atoms with Crippen molar-refractivity contribution < 1.29 is 17.9 Å². The van der Waals surface area contributed by atoms with E-state index in [1.165, 1.54) is 24.0 Å². The number of nitrogens with one attached hydrogen (secondary N) is 1. The number of anilines is 1. The van der Waals surface area contributed by atoms with Crippen molar-refractivity contribution in [2.75, 3.05) is 18.1 Å². The second-order valence-electron chi connectivity index (χ2n) is 5.90. The van der Waals surface area contributed by atoms with Crippen LogP contribution < -0.4 is 14.4 Å². The van der Waals surface area contributed by atoms with Crippen LogP contribution in [-0.2, 0) is 14.8 Å². The molecule has 1 amide bonds. The fourth-order valence-corrected chi connectivity index (χ4v) is 4.05. The Hall–Kier alpha value is -2.38. The Morgan fingerprint density at radius 3 is 2.60 bits per heavy atom. The Morgan fingerprint density at radius 1 is 1.20 bits per heavy atom. The number of fused-ring (bicyclic) bond motifs is 1. The third kappa shape index (κ3) is 3.67. The SMILES string of the molecule is CC(=O)N1CCOc2ccc(S(=O)(=O)N[C@@H](C)c3ccccc3)cc21. The molecule has 0 unspecified atom stereocenters. The molecule has 0 aliphatic carbocycles. The zero-order valence-corrected chi connectivity index (χ0v) is 14.9. The van der Waals surface area contributed by atoms with Crippen molar-refractivity contribution in [2.45, 2.75) is 24.8 Å². The number of ether oxygens (including phenoxy) is 1. The summed E-state index contributed by atoms with van der Waals surface area (Å²) in [6.45, 7) is 4.03. The van der Waals surface area contributed by atoms with E-state index in [1.54, 1.807) is 13.0 Å². The third-order valence-corrected chi connectivity index (χ3v) is 5.65. The van der Waals surface area contributed by atoms with E-state index in [4.69, 9.17) is 4.74 Å². The number of rotatable bonds is 4. The van der Waals surface area contributed by atoms with Gasteiger partial charge in [-0.05, 0) is 30.7 Å². The maximum absolute atomic E-state index is 12.7. The van der Waals surface area contributed by atoms with Crippen molar-refractivity contribution in [3.8, 4) is 5.75 Å². The zero-order chi connectivity index (χ0) is 18.0. The van der Waals surface area contributed by atoms with Gasteiger partial charge in [-0.1, -0.05) is 30.3 Å². The summed E-state index contributed by atoms with van der Waals surface area (Å²) in [6.07, 6.45) is 0. The second-order valence-corrected chi connectivity index (χ2v) is 7.62. The summed E-state index contributed by atoms with van der Waals surface area (Å²) in [7, 11) is -3.73. The van der Waals surface area contributed by atoms with Crippen LogP contribution in [0.15, 0.2) is 53.4 Å². The minimum atomic E-state index is -3.73. The molecule has 3 rings (SSSR count). The van der Waals surface area contributed by atoms with Crippen molar-refractivity contribution in [3.05, 3.63) is 54.1 Å². The van der Waals surface area contributed by atoms with Gasteiger partial charge in [0.1, 0.15) is 12.4 Å². The lowest BCUT2D eigenvalue weighted by Gasteiger charge is -2.29. The highest BCUT2D eigenvalue weighted by molar-refractivity contribution is 7.89. The molecule has 1 heterocycles. The predicted molar refractivity (Wildman–Crippen MR) is 95.1 cm³/mol. The number of sulfonamides is 1. The van der Waals surface area contributed by atoms with Crippen molar-refractivity contribution >= 4 is 21.6 Å². The Kier molecular flexibility index (Phi) is 4.78. The molecule has 0 spiro atoms. The number of hydrogen-bond donors (Lipinski definition) is 1. The van der Waals surface area contributed by atoms with Gasteiger partial charge < -0.3 is 9.64 Å². The molecule has 0 aromatic heterocycles. The summed E-state index contributed by atoms with van der Waals surface area (Å²) in [6, 6.07) is 13.5. The lowest BCUT2D eigenvalue weighted by molar-refractivity contribution is -0.116. The fraction of sp³-hybridized carbons (Fsp3) is 0.278. The van der Waals surface area contributed by atoms with Crippen molar-refractivity contribution in [1.82, 2.24) is 4.72 Å². The standard InChI is InChI=1S/C18H20N2O4S/c1-13(15-6-4-3-5-7-15)19-25(22,23)16-8-9-18-17(12-16)20(14(2)21)10-11-24-18/h3-9,12-13,19H,10-11H2,1-2H3/t13-/m0/s1. The van der Waals surface area contributed by atoms with Gasteiger partial charge in [0.15, 0.2) is 0 Å². The highest BCUT2D eigenvalue weighted by Gasteiger charge is 2.25. The van der Waals surface area contributed by atoms with Crippen LogP contribution in [0, 0.1) is 0 Å². The molecule has 1 atom stereocenters. The van der Waals surface area contributed by atoms with E-state index >= 15 is 0 Å². The largest absolute Gasteiger partial charge is 0.490 e. The highest BCUT2D eigenvalue weighted by atomic mass is 32.2. The lowest BCUT2D eigenvalue weighted by Crippen LogP contribution is -2.36. The number of carbonyl (C=O) groups is 1. The molecule has 1 aliphatic heterocycles. The van der Waals surface area contributed by atoms with Crippen LogP contribution in [0.4, 0.5) is 5.69 Å². The smallest absolute Gasteiger partial charge is 0.241 e. The number of hydrogen-bond acceptors (Lipinski definition) is 4. The second kappa shape index (κ2) is 6.85. The molecular weight excluding hydrogens is 340 g/mol. The van der Waals surface area contributed by atoms with E-state index in [0.29, 0.717) is 24.6 Å². The summed E-state index contributed by atoms with van der Waals surface area (Å²) < 4.78 is 33.6. The van der Waals surface area contributed by atoms with Crippen LogP contribution >= 0.6 is 0 Å². The zero-order valence-electron chi connectivity index (χ0n) is 14.1. The first-order valence-electron chi connectivity index (χ1n) is 8.01. The molecule has 25 heavy (non-hydrogen) atoms. The van der Waals surface area contributed by atoms with Crippen LogP contribution in [0.3, 0.4) is 0 Å². The van der Waals surface area contributed by atoms with Crippen LogP contribution in [-0.4, -0.2) is 27.5 Å². The third-order valence-electron chi connectivity index (χ3n) is 4.12. The minimum absolute atomic E-state index is 0.103. The monoisotopic (exact) mass is 360 g/mol. The molecule has 6 nitrogen and oxygen atoms in total. The van der Waals surface area contributed by atoms with Crippen LogP contribution in [0.5, 0.6) is 5.75 Å². The van der Waals surface area contributed by atoms with E-state index in [9.17, 15) is 13.2 Å². The Bertz CT molecular complexity index is 881. The van der Waals surface area contributed by atoms with Crippen LogP contribution in [0.1, 0.15) is 25.5 Å². The normalized spacial score (nSPS) is 15.2. The van der Waals surface area contributed by atoms with E-state index < -0.39 is 10.0 Å². The average molecular weight is 360 g/mol. The van der Waals surface area contributed by atoms with Gasteiger partial charge in [-0.2, -0.15) is 0 Å². The summed E-state index contributed by atoms with van der Waals surface area (Å²) in [5.41, 5.74) is 1.35. The summed E-state index contributed by atoms with van der Waals surface area (Å²) in [4.78, 5) is 13.4. The number of amides is 1. The average Bonchev–Trinajstić information content (AvgIpc) is 2.61. The van der Waals surface area contributed by atoms with E-state index in [2.05, 4.69) is 4.72 Å². The van der Waals surface area contributed by atoms with E-state index in [0.717, 1.165) is 5.56 Å². The number of benzene rings is 2. The van der Waals surface area contributed by atoms with Gasteiger partial charge in [-0.3, -0.25) is 4.79 Å². The topological polar surface area (TPSA) is 75.7 Å². The van der Waals surface area contributed by atoms with Gasteiger partial charge in [0.2, 0.25) is 15.9 Å². The molecule has 132 valence electrons. The Balaban J connectivity index is 1.90. The van der Waals surface area contributed by atoms with Gasteiger partial charge in [0, 0.05) is 13.0 Å². The van der Waals surface area contributed by atoms with Crippen LogP contribution in [0.25, 0.3) is 0 Å². The van der Waals surface area contributed by atoms with Gasteiger partial charge in [-0.25, -0.2) is 13.1 Å². The maximum atomic E-state index is 12.7. The maximum Gasteiger partial charge on any atom is 0.241 e. The first kappa shape index (κ1) is 17.4. The quantitative estimate of drug-likeness (QED) is 0.909. The molecule has 0 saturated carbocycles. The summed E-state index contributed by atoms with van der Waals surface area (Å²) >= 11 is 0. The van der Waals surface area contributed by atoms with Crippen molar-refractivity contribution in [3.63, 3.8) is 0 Å². The van der Waals surface area contributed by atoms with Crippen molar-refractivity contribution in [1.29, 1.82) is 0 Å². The number of carbonyl (C=O) groups excluding carboxylic acids is 1. The predicted octanol–water partition coefficient (Wildman–Crippen LogP) is 2.47. The molecular formula is C18H20N2O4S. The van der Waals surface area contributed by atoms with Gasteiger partial charge in [-0.15, -0.1) is 0 Å². The molecule has 0 saturated heterocycles. The molecule has 1 N–H and O–H groups in total. The minimum Gasteiger partial charge on any atom is -0.490 e. The van der Waals surface area contributed by atoms with Crippen LogP contribution in [0.2, 0.25) is 0 Å². The van der Waals surface area contributed by atoms with Gasteiger partial charge >= 0.3 is 0 Å². The summed E-state index contributed by atoms with van der Waals surface area (Å²) in [5, 5.41) is 0. The molecule has 0 radical (unpaired) electrons. The molecule has 7 heteroatoms. The molecule has 2 aromatic carbocycles. The Labute approximate surface area is 147 Å². The highest BCUT2D eigenvalue weighted by Crippen LogP contribution is 2.34. The van der Waals surface area contributed by atoms with Gasteiger partial charge in [0.05, 0.1) is 17.1 Å². The first-order chi connectivity index (χ1) is 11.9. The van der Waals surface area contributed by atoms with Crippen molar-refractivity contribution in [2.24, 2.45) is 0 Å². The number of nitrogens with zero attached hydrogens (tertiary/aromatic N) is 1. The fourth-order valence-electron chi connectivity index (χ4n) is 2.80. The molecule has 2 aromatic rings. The Morgan fingerprint density at radius 2 is 1.92 bits per heavy atom. The summed E-state index contributed by atoms with van der Waals surface area (Å²) in [5.74, 6) is 0.362. The first-order valence-corrected chi connectivity index (χ1v) is 9.49. The van der Waals surface area contributed by atoms with E-state index in [-0.39, 0.29) is 16.8 Å². The van der Waals surface area contributed by atoms with E-state index in [1.807, 2.05) is 30.3 Å².